The molecule has 28 heavy (non-hydrogen) atoms. The summed E-state index contributed by atoms with van der Waals surface area (Å²) in [4.78, 5) is 10.7. The van der Waals surface area contributed by atoms with Crippen molar-refractivity contribution in [3.63, 3.8) is 0 Å². The van der Waals surface area contributed by atoms with E-state index in [0.717, 1.165) is 28.3 Å². The summed E-state index contributed by atoms with van der Waals surface area (Å²) < 4.78 is 19.0. The molecule has 0 atom stereocenters. The highest BCUT2D eigenvalue weighted by atomic mass is 19.1. The highest BCUT2D eigenvalue weighted by Gasteiger charge is 2.21. The molecule has 1 aliphatic heterocycles. The molecule has 0 radical (unpaired) electrons. The summed E-state index contributed by atoms with van der Waals surface area (Å²) in [6.45, 7) is 1.62. The van der Waals surface area contributed by atoms with Gasteiger partial charge in [0.05, 0.1) is 6.54 Å². The van der Waals surface area contributed by atoms with E-state index in [1.807, 2.05) is 0 Å². The molecule has 2 aromatic carbocycles. The van der Waals surface area contributed by atoms with Crippen LogP contribution >= 0.6 is 0 Å². The van der Waals surface area contributed by atoms with Crippen LogP contribution in [0, 0.1) is 5.82 Å². The second-order valence-corrected chi connectivity index (χ2v) is 6.69. The number of ether oxygens (including phenoxy) is 1. The molecule has 0 saturated carbocycles. The molecule has 8 heteroatoms. The zero-order valence-electron chi connectivity index (χ0n) is 15.1. The van der Waals surface area contributed by atoms with Gasteiger partial charge in [0.2, 0.25) is 0 Å². The van der Waals surface area contributed by atoms with Gasteiger partial charge in [0, 0.05) is 30.3 Å². The van der Waals surface area contributed by atoms with E-state index < -0.39 is 7.12 Å². The van der Waals surface area contributed by atoms with E-state index >= 15 is 0 Å². The fourth-order valence-corrected chi connectivity index (χ4v) is 3.34. The van der Waals surface area contributed by atoms with E-state index in [1.54, 1.807) is 36.5 Å². The largest absolute Gasteiger partial charge is 0.491 e. The van der Waals surface area contributed by atoms with Crippen molar-refractivity contribution in [1.29, 1.82) is 0 Å². The first-order valence-electron chi connectivity index (χ1n) is 9.00. The normalized spacial score (nSPS) is 13.5. The second-order valence-electron chi connectivity index (χ2n) is 6.69. The molecule has 0 saturated heterocycles. The SMILES string of the molecule is OB(O)c1ccc2c(c1)CN(c1ncncc1Cc1ccc(F)cc1)CCO2. The van der Waals surface area contributed by atoms with Gasteiger partial charge in [0.1, 0.15) is 30.3 Å². The first-order chi connectivity index (χ1) is 13.6. The average Bonchev–Trinajstić information content (AvgIpc) is 2.92. The second kappa shape index (κ2) is 7.96. The molecule has 3 aromatic rings. The first-order valence-corrected chi connectivity index (χ1v) is 9.00. The van der Waals surface area contributed by atoms with Crippen molar-refractivity contribution < 1.29 is 19.2 Å². The lowest BCUT2D eigenvalue weighted by Gasteiger charge is -2.23. The van der Waals surface area contributed by atoms with Crippen molar-refractivity contribution in [2.24, 2.45) is 0 Å². The lowest BCUT2D eigenvalue weighted by molar-refractivity contribution is 0.331. The predicted octanol–water partition coefficient (Wildman–Crippen LogP) is 1.29. The summed E-state index contributed by atoms with van der Waals surface area (Å²) in [5.74, 6) is 1.24. The Kier molecular flexibility index (Phi) is 5.23. The van der Waals surface area contributed by atoms with Crippen molar-refractivity contribution in [2.45, 2.75) is 13.0 Å². The van der Waals surface area contributed by atoms with Gasteiger partial charge in [-0.3, -0.25) is 0 Å². The van der Waals surface area contributed by atoms with Crippen molar-refractivity contribution in [3.8, 4) is 5.75 Å². The van der Waals surface area contributed by atoms with Crippen LogP contribution in [0.3, 0.4) is 0 Å². The quantitative estimate of drug-likeness (QED) is 0.666. The number of anilines is 1. The Bertz CT molecular complexity index is 969. The lowest BCUT2D eigenvalue weighted by Crippen LogP contribution is -2.31. The van der Waals surface area contributed by atoms with Crippen molar-refractivity contribution in [1.82, 2.24) is 9.97 Å². The van der Waals surface area contributed by atoms with Crippen LogP contribution in [0.1, 0.15) is 16.7 Å². The predicted molar refractivity (Wildman–Crippen MR) is 104 cm³/mol. The van der Waals surface area contributed by atoms with Crippen LogP contribution in [0.15, 0.2) is 55.0 Å². The Morgan fingerprint density at radius 1 is 1.14 bits per heavy atom. The van der Waals surface area contributed by atoms with E-state index in [1.165, 1.54) is 18.5 Å². The van der Waals surface area contributed by atoms with Crippen LogP contribution in [0.4, 0.5) is 10.2 Å². The van der Waals surface area contributed by atoms with Crippen LogP contribution in [0.5, 0.6) is 5.75 Å². The monoisotopic (exact) mass is 379 g/mol. The van der Waals surface area contributed by atoms with E-state index in [2.05, 4.69) is 14.9 Å². The Hall–Kier alpha value is -2.97. The average molecular weight is 379 g/mol. The minimum absolute atomic E-state index is 0.267. The summed E-state index contributed by atoms with van der Waals surface area (Å²) in [6.07, 6.45) is 3.85. The van der Waals surface area contributed by atoms with Crippen LogP contribution in [0.2, 0.25) is 0 Å². The Morgan fingerprint density at radius 2 is 1.96 bits per heavy atom. The molecule has 0 aliphatic carbocycles. The maximum Gasteiger partial charge on any atom is 0.488 e. The number of hydrogen-bond acceptors (Lipinski definition) is 6. The van der Waals surface area contributed by atoms with Crippen LogP contribution in [0.25, 0.3) is 0 Å². The molecule has 2 N–H and O–H groups in total. The van der Waals surface area contributed by atoms with Crippen molar-refractivity contribution in [2.75, 3.05) is 18.1 Å². The van der Waals surface area contributed by atoms with Crippen LogP contribution in [-0.4, -0.2) is 40.3 Å². The third-order valence-corrected chi connectivity index (χ3v) is 4.73. The standard InChI is InChI=1S/C20H19BFN3O3/c22-18-4-1-14(2-5-18)9-15-11-23-13-24-20(15)25-7-8-28-19-6-3-17(21(26)27)10-16(19)12-25/h1-6,10-11,13,26-27H,7-9,12H2. The fourth-order valence-electron chi connectivity index (χ4n) is 3.34. The molecule has 6 nitrogen and oxygen atoms in total. The number of fused-ring (bicyclic) bond motifs is 1. The molecule has 142 valence electrons. The van der Waals surface area contributed by atoms with E-state index in [4.69, 9.17) is 4.74 Å². The molecule has 0 unspecified atom stereocenters. The summed E-state index contributed by atoms with van der Waals surface area (Å²) >= 11 is 0. The van der Waals surface area contributed by atoms with E-state index in [9.17, 15) is 14.4 Å². The van der Waals surface area contributed by atoms with Gasteiger partial charge in [-0.1, -0.05) is 24.3 Å². The highest BCUT2D eigenvalue weighted by molar-refractivity contribution is 6.58. The Morgan fingerprint density at radius 3 is 2.75 bits per heavy atom. The van der Waals surface area contributed by atoms with Gasteiger partial charge < -0.3 is 19.7 Å². The lowest BCUT2D eigenvalue weighted by atomic mass is 9.79. The zero-order valence-corrected chi connectivity index (χ0v) is 15.1. The van der Waals surface area contributed by atoms with Crippen LogP contribution in [-0.2, 0) is 13.0 Å². The number of halogens is 1. The fraction of sp³-hybridized carbons (Fsp3) is 0.200. The molecule has 0 bridgehead atoms. The van der Waals surface area contributed by atoms with Gasteiger partial charge in [0.25, 0.3) is 0 Å². The molecule has 0 fully saturated rings. The van der Waals surface area contributed by atoms with Gasteiger partial charge in [0.15, 0.2) is 0 Å². The molecule has 0 amide bonds. The van der Waals surface area contributed by atoms with Gasteiger partial charge in [-0.2, -0.15) is 0 Å². The first kappa shape index (κ1) is 18.4. The van der Waals surface area contributed by atoms with Gasteiger partial charge in [-0.25, -0.2) is 14.4 Å². The number of hydrogen-bond donors (Lipinski definition) is 2. The Labute approximate surface area is 162 Å². The maximum atomic E-state index is 13.2. The summed E-state index contributed by atoms with van der Waals surface area (Å²) in [7, 11) is -1.53. The summed E-state index contributed by atoms with van der Waals surface area (Å²) in [6, 6.07) is 11.5. The van der Waals surface area contributed by atoms with E-state index in [0.29, 0.717) is 31.6 Å². The van der Waals surface area contributed by atoms with Gasteiger partial charge >= 0.3 is 7.12 Å². The third kappa shape index (κ3) is 3.98. The minimum atomic E-state index is -1.53. The van der Waals surface area contributed by atoms with Crippen LogP contribution < -0.4 is 15.1 Å². The van der Waals surface area contributed by atoms with Gasteiger partial charge in [-0.05, 0) is 29.2 Å². The molecule has 1 aliphatic rings. The molecule has 4 rings (SSSR count). The number of nitrogens with zero attached hydrogens (tertiary/aromatic N) is 3. The van der Waals surface area contributed by atoms with Gasteiger partial charge in [-0.15, -0.1) is 0 Å². The number of rotatable bonds is 4. The zero-order chi connectivity index (χ0) is 19.5. The molecular weight excluding hydrogens is 360 g/mol. The molecule has 2 heterocycles. The molecular formula is C20H19BFN3O3. The minimum Gasteiger partial charge on any atom is -0.491 e. The molecule has 0 spiro atoms. The summed E-state index contributed by atoms with van der Waals surface area (Å²) in [5, 5.41) is 18.9. The van der Waals surface area contributed by atoms with Crippen molar-refractivity contribution in [3.05, 3.63) is 77.5 Å². The smallest absolute Gasteiger partial charge is 0.488 e. The van der Waals surface area contributed by atoms with Crippen molar-refractivity contribution >= 4 is 18.4 Å². The highest BCUT2D eigenvalue weighted by Crippen LogP contribution is 2.27. The van der Waals surface area contributed by atoms with E-state index in [-0.39, 0.29) is 5.82 Å². The Balaban J connectivity index is 1.64. The molecule has 1 aromatic heterocycles. The summed E-state index contributed by atoms with van der Waals surface area (Å²) in [5.41, 5.74) is 3.17. The number of aromatic nitrogens is 2. The topological polar surface area (TPSA) is 78.7 Å². The number of benzene rings is 2. The third-order valence-electron chi connectivity index (χ3n) is 4.73. The maximum absolute atomic E-state index is 13.2.